The summed E-state index contributed by atoms with van der Waals surface area (Å²) in [5.74, 6) is -0.191. The third kappa shape index (κ3) is 4.21. The normalized spacial score (nSPS) is 11.4. The van der Waals surface area contributed by atoms with Crippen LogP contribution in [-0.4, -0.2) is 49.3 Å². The SMILES string of the molecule is COc1cc(NC(=O)CN(C)S(=O)(=O)c2cc(C)cc3cc(C#N)[nH]c23)ccn1. The largest absolute Gasteiger partial charge is 0.481 e. The van der Waals surface area contributed by atoms with Gasteiger partial charge < -0.3 is 15.0 Å². The number of benzene rings is 1. The van der Waals surface area contributed by atoms with Crippen LogP contribution in [0.4, 0.5) is 5.69 Å². The van der Waals surface area contributed by atoms with Crippen LogP contribution in [0.5, 0.6) is 5.88 Å². The van der Waals surface area contributed by atoms with Crippen LogP contribution in [0.3, 0.4) is 0 Å². The molecule has 10 heteroatoms. The number of methoxy groups -OCH3 is 1. The number of sulfonamides is 1. The van der Waals surface area contributed by atoms with Gasteiger partial charge >= 0.3 is 0 Å². The maximum absolute atomic E-state index is 13.1. The van der Waals surface area contributed by atoms with Crippen LogP contribution in [0.25, 0.3) is 10.9 Å². The summed E-state index contributed by atoms with van der Waals surface area (Å²) in [6.07, 6.45) is 1.47. The van der Waals surface area contributed by atoms with Crippen molar-refractivity contribution in [3.63, 3.8) is 0 Å². The second-order valence-electron chi connectivity index (χ2n) is 6.42. The fourth-order valence-corrected chi connectivity index (χ4v) is 4.26. The predicted molar refractivity (Wildman–Crippen MR) is 107 cm³/mol. The number of aromatic amines is 1. The van der Waals surface area contributed by atoms with Crippen molar-refractivity contribution in [1.29, 1.82) is 5.26 Å². The van der Waals surface area contributed by atoms with Crippen LogP contribution in [-0.2, 0) is 14.8 Å². The smallest absolute Gasteiger partial charge is 0.245 e. The van der Waals surface area contributed by atoms with Crippen molar-refractivity contribution < 1.29 is 17.9 Å². The molecule has 3 rings (SSSR count). The van der Waals surface area contributed by atoms with Gasteiger partial charge in [0, 0.05) is 30.4 Å². The van der Waals surface area contributed by atoms with Crippen LogP contribution >= 0.6 is 0 Å². The third-order valence-corrected chi connectivity index (χ3v) is 6.07. The Balaban J connectivity index is 1.86. The summed E-state index contributed by atoms with van der Waals surface area (Å²) in [5, 5.41) is 12.3. The molecule has 3 aromatic rings. The number of hydrogen-bond acceptors (Lipinski definition) is 6. The Hall–Kier alpha value is -3.42. The molecule has 0 aliphatic carbocycles. The van der Waals surface area contributed by atoms with Gasteiger partial charge in [0.25, 0.3) is 0 Å². The number of carbonyl (C=O) groups excluding carboxylic acids is 1. The van der Waals surface area contributed by atoms with E-state index in [1.807, 2.05) is 6.07 Å². The van der Waals surface area contributed by atoms with Crippen LogP contribution in [0.2, 0.25) is 0 Å². The van der Waals surface area contributed by atoms with Gasteiger partial charge in [-0.3, -0.25) is 4.79 Å². The highest BCUT2D eigenvalue weighted by atomic mass is 32.2. The molecule has 29 heavy (non-hydrogen) atoms. The van der Waals surface area contributed by atoms with Gasteiger partial charge in [0.2, 0.25) is 21.8 Å². The molecule has 0 bridgehead atoms. The Bertz CT molecular complexity index is 1230. The molecule has 0 atom stereocenters. The summed E-state index contributed by atoms with van der Waals surface area (Å²) in [4.78, 5) is 19.1. The molecule has 0 radical (unpaired) electrons. The van der Waals surface area contributed by atoms with E-state index >= 15 is 0 Å². The monoisotopic (exact) mass is 413 g/mol. The number of pyridine rings is 1. The first-order valence-electron chi connectivity index (χ1n) is 8.54. The minimum atomic E-state index is -3.99. The van der Waals surface area contributed by atoms with E-state index in [1.54, 1.807) is 25.1 Å². The summed E-state index contributed by atoms with van der Waals surface area (Å²) in [5.41, 5.74) is 1.75. The Labute approximate surface area is 168 Å². The van der Waals surface area contributed by atoms with Gasteiger partial charge in [0.1, 0.15) is 16.7 Å². The van der Waals surface area contributed by atoms with E-state index in [0.29, 0.717) is 22.5 Å². The molecule has 150 valence electrons. The minimum absolute atomic E-state index is 0.00915. The topological polar surface area (TPSA) is 128 Å². The number of H-pyrrole nitrogens is 1. The van der Waals surface area contributed by atoms with E-state index in [4.69, 9.17) is 10.00 Å². The van der Waals surface area contributed by atoms with Gasteiger partial charge in [-0.15, -0.1) is 0 Å². The molecule has 2 aromatic heterocycles. The number of amides is 1. The lowest BCUT2D eigenvalue weighted by molar-refractivity contribution is -0.116. The highest BCUT2D eigenvalue weighted by Gasteiger charge is 2.26. The number of hydrogen-bond donors (Lipinski definition) is 2. The standard InChI is InChI=1S/C19H19N5O4S/c1-12-6-13-8-15(10-20)23-19(13)16(7-12)29(26,27)24(2)11-17(25)22-14-4-5-21-18(9-14)28-3/h4-9,23H,11H2,1-3H3,(H,21,22,25). The second kappa shape index (κ2) is 7.90. The molecular formula is C19H19N5O4S. The lowest BCUT2D eigenvalue weighted by atomic mass is 10.2. The molecule has 1 aromatic carbocycles. The number of rotatable bonds is 6. The predicted octanol–water partition coefficient (Wildman–Crippen LogP) is 2.01. The zero-order valence-electron chi connectivity index (χ0n) is 16.1. The number of fused-ring (bicyclic) bond motifs is 1. The molecule has 2 heterocycles. The lowest BCUT2D eigenvalue weighted by Gasteiger charge is -2.18. The molecule has 0 saturated carbocycles. The summed E-state index contributed by atoms with van der Waals surface area (Å²) < 4.78 is 32.2. The molecule has 9 nitrogen and oxygen atoms in total. The Kier molecular flexibility index (Phi) is 5.54. The fraction of sp³-hybridized carbons (Fsp3) is 0.211. The van der Waals surface area contributed by atoms with Crippen molar-refractivity contribution in [2.75, 3.05) is 26.0 Å². The number of aromatic nitrogens is 2. The summed E-state index contributed by atoms with van der Waals surface area (Å²) in [6, 6.07) is 9.95. The van der Waals surface area contributed by atoms with Gasteiger partial charge in [-0.2, -0.15) is 9.57 Å². The van der Waals surface area contributed by atoms with Gasteiger partial charge in [0.15, 0.2) is 0 Å². The highest BCUT2D eigenvalue weighted by molar-refractivity contribution is 7.89. The second-order valence-corrected chi connectivity index (χ2v) is 8.43. The van der Waals surface area contributed by atoms with Crippen molar-refractivity contribution in [2.45, 2.75) is 11.8 Å². The van der Waals surface area contributed by atoms with E-state index in [2.05, 4.69) is 15.3 Å². The molecule has 0 saturated heterocycles. The lowest BCUT2D eigenvalue weighted by Crippen LogP contribution is -2.35. The Morgan fingerprint density at radius 2 is 2.10 bits per heavy atom. The number of carbonyl (C=O) groups is 1. The quantitative estimate of drug-likeness (QED) is 0.636. The average molecular weight is 413 g/mol. The Morgan fingerprint density at radius 3 is 2.79 bits per heavy atom. The van der Waals surface area contributed by atoms with Crippen LogP contribution in [0.15, 0.2) is 41.4 Å². The molecule has 1 amide bonds. The van der Waals surface area contributed by atoms with E-state index < -0.39 is 22.5 Å². The summed E-state index contributed by atoms with van der Waals surface area (Å²) >= 11 is 0. The maximum Gasteiger partial charge on any atom is 0.245 e. The van der Waals surface area contributed by atoms with Crippen LogP contribution < -0.4 is 10.1 Å². The number of likely N-dealkylation sites (N-methyl/N-ethyl adjacent to an activating group) is 1. The van der Waals surface area contributed by atoms with Gasteiger partial charge in [-0.25, -0.2) is 13.4 Å². The zero-order valence-corrected chi connectivity index (χ0v) is 16.9. The molecule has 0 aliphatic rings. The number of nitriles is 1. The van der Waals surface area contributed by atoms with Crippen LogP contribution in [0, 0.1) is 18.3 Å². The van der Waals surface area contributed by atoms with E-state index in [1.165, 1.54) is 32.5 Å². The highest BCUT2D eigenvalue weighted by Crippen LogP contribution is 2.27. The maximum atomic E-state index is 13.1. The number of nitrogens with one attached hydrogen (secondary N) is 2. The summed E-state index contributed by atoms with van der Waals surface area (Å²) in [6.45, 7) is 1.37. The first kappa shape index (κ1) is 20.3. The number of anilines is 1. The van der Waals surface area contributed by atoms with Gasteiger partial charge in [-0.05, 0) is 36.8 Å². The molecule has 0 spiro atoms. The first-order valence-corrected chi connectivity index (χ1v) is 9.98. The minimum Gasteiger partial charge on any atom is -0.481 e. The molecule has 0 fully saturated rings. The number of ether oxygens (including phenoxy) is 1. The molecular weight excluding hydrogens is 394 g/mol. The molecule has 2 N–H and O–H groups in total. The third-order valence-electron chi connectivity index (χ3n) is 4.24. The van der Waals surface area contributed by atoms with Crippen molar-refractivity contribution in [2.24, 2.45) is 0 Å². The van der Waals surface area contributed by atoms with Crippen LogP contribution in [0.1, 0.15) is 11.3 Å². The van der Waals surface area contributed by atoms with E-state index in [9.17, 15) is 13.2 Å². The average Bonchev–Trinajstić information content (AvgIpc) is 3.10. The first-order chi connectivity index (χ1) is 13.7. The van der Waals surface area contributed by atoms with Crippen molar-refractivity contribution >= 4 is 32.5 Å². The van der Waals surface area contributed by atoms with E-state index in [0.717, 1.165) is 9.87 Å². The molecule has 0 aliphatic heterocycles. The fourth-order valence-electron chi connectivity index (χ4n) is 2.87. The molecule has 0 unspecified atom stereocenters. The number of aryl methyl sites for hydroxylation is 1. The van der Waals surface area contributed by atoms with E-state index in [-0.39, 0.29) is 10.6 Å². The van der Waals surface area contributed by atoms with Gasteiger partial charge in [0.05, 0.1) is 19.2 Å². The summed E-state index contributed by atoms with van der Waals surface area (Å²) in [7, 11) is -1.21. The zero-order chi connectivity index (χ0) is 21.2. The van der Waals surface area contributed by atoms with Crippen molar-refractivity contribution in [3.05, 3.63) is 47.8 Å². The number of nitrogens with zero attached hydrogens (tertiary/aromatic N) is 3. The Morgan fingerprint density at radius 1 is 1.34 bits per heavy atom. The van der Waals surface area contributed by atoms with Crippen molar-refractivity contribution in [1.82, 2.24) is 14.3 Å². The van der Waals surface area contributed by atoms with Gasteiger partial charge in [-0.1, -0.05) is 0 Å². The van der Waals surface area contributed by atoms with Crippen molar-refractivity contribution in [3.8, 4) is 11.9 Å².